The smallest absolute Gasteiger partial charge is 0.272 e. The summed E-state index contributed by atoms with van der Waals surface area (Å²) in [7, 11) is 0. The molecule has 1 N–H and O–H groups in total. The molecule has 2 fully saturated rings. The van der Waals surface area contributed by atoms with Gasteiger partial charge >= 0.3 is 0 Å². The van der Waals surface area contributed by atoms with Crippen LogP contribution in [0.4, 0.5) is 5.95 Å². The summed E-state index contributed by atoms with van der Waals surface area (Å²) >= 11 is 0. The van der Waals surface area contributed by atoms with Crippen molar-refractivity contribution in [2.24, 2.45) is 0 Å². The lowest BCUT2D eigenvalue weighted by Crippen LogP contribution is -2.40. The number of likely N-dealkylation sites (tertiary alicyclic amines) is 1. The number of fused-ring (bicyclic) bond motifs is 1. The van der Waals surface area contributed by atoms with Crippen molar-refractivity contribution >= 4 is 22.9 Å². The number of piperidine rings is 1. The highest BCUT2D eigenvalue weighted by Crippen LogP contribution is 2.28. The molecule has 3 aromatic rings. The van der Waals surface area contributed by atoms with Crippen molar-refractivity contribution in [1.82, 2.24) is 24.8 Å². The molecule has 1 amide bonds. The first-order valence-corrected chi connectivity index (χ1v) is 12.5. The molecule has 1 unspecified atom stereocenters. The lowest BCUT2D eigenvalue weighted by atomic mass is 9.97. The largest absolute Gasteiger partial charge is 0.342 e. The molecule has 174 valence electrons. The third kappa shape index (κ3) is 4.72. The number of hydrogen-bond donors (Lipinski definition) is 1. The number of aromatic amines is 1. The number of anilines is 1. The molecule has 2 aliphatic rings. The van der Waals surface area contributed by atoms with E-state index in [0.29, 0.717) is 12.2 Å². The zero-order valence-electron chi connectivity index (χ0n) is 19.8. The van der Waals surface area contributed by atoms with Crippen molar-refractivity contribution in [2.45, 2.75) is 64.2 Å². The third-order valence-corrected chi connectivity index (χ3v) is 6.94. The second kappa shape index (κ2) is 9.49. The molecule has 7 heteroatoms. The lowest BCUT2D eigenvalue weighted by molar-refractivity contribution is 0.0698. The van der Waals surface area contributed by atoms with E-state index in [2.05, 4.69) is 29.8 Å². The molecule has 2 saturated heterocycles. The van der Waals surface area contributed by atoms with Crippen molar-refractivity contribution < 1.29 is 4.79 Å². The molecule has 0 saturated carbocycles. The maximum atomic E-state index is 13.6. The number of nitrogens with one attached hydrogen (secondary N) is 1. The summed E-state index contributed by atoms with van der Waals surface area (Å²) in [5.41, 5.74) is 3.50. The molecule has 2 aromatic heterocycles. The summed E-state index contributed by atoms with van der Waals surface area (Å²) in [6.45, 7) is 7.61. The first-order valence-electron chi connectivity index (χ1n) is 12.5. The fourth-order valence-corrected chi connectivity index (χ4v) is 4.98. The normalized spacial score (nSPS) is 19.8. The summed E-state index contributed by atoms with van der Waals surface area (Å²) in [6, 6.07) is 10.0. The number of carbonyl (C=O) groups excluding carboxylic acids is 1. The van der Waals surface area contributed by atoms with Gasteiger partial charge in [0.1, 0.15) is 11.5 Å². The SMILES string of the molecule is CC(C)c1cc(C(=O)N2CCCC(c3nc4ccccc4[nH]3)C2)nc(N2CCCCCC2)n1. The van der Waals surface area contributed by atoms with Crippen LogP contribution in [0.15, 0.2) is 30.3 Å². The molecule has 0 bridgehead atoms. The number of para-hydroxylation sites is 2. The Balaban J connectivity index is 1.39. The van der Waals surface area contributed by atoms with Crippen LogP contribution in [0.5, 0.6) is 0 Å². The molecule has 7 nitrogen and oxygen atoms in total. The number of hydrogen-bond acceptors (Lipinski definition) is 5. The van der Waals surface area contributed by atoms with Crippen LogP contribution >= 0.6 is 0 Å². The second-order valence-corrected chi connectivity index (χ2v) is 9.76. The Labute approximate surface area is 195 Å². The summed E-state index contributed by atoms with van der Waals surface area (Å²) in [6.07, 6.45) is 6.82. The van der Waals surface area contributed by atoms with Crippen molar-refractivity contribution in [1.29, 1.82) is 0 Å². The van der Waals surface area contributed by atoms with Gasteiger partial charge in [0.25, 0.3) is 5.91 Å². The van der Waals surface area contributed by atoms with Crippen LogP contribution in [-0.2, 0) is 0 Å². The Morgan fingerprint density at radius 1 is 1.00 bits per heavy atom. The molecular formula is C26H34N6O. The number of nitrogens with zero attached hydrogens (tertiary/aromatic N) is 5. The minimum atomic E-state index is 0.0104. The van der Waals surface area contributed by atoms with Gasteiger partial charge in [-0.25, -0.2) is 15.0 Å². The van der Waals surface area contributed by atoms with Crippen LogP contribution in [-0.4, -0.2) is 56.9 Å². The fourth-order valence-electron chi connectivity index (χ4n) is 4.98. The Kier molecular flexibility index (Phi) is 6.29. The highest BCUT2D eigenvalue weighted by Gasteiger charge is 2.29. The average molecular weight is 447 g/mol. The van der Waals surface area contributed by atoms with E-state index in [4.69, 9.17) is 15.0 Å². The van der Waals surface area contributed by atoms with E-state index >= 15 is 0 Å². The first kappa shape index (κ1) is 21.9. The number of H-pyrrole nitrogens is 1. The fraction of sp³-hybridized carbons (Fsp3) is 0.538. The number of carbonyl (C=O) groups is 1. The van der Waals surface area contributed by atoms with Gasteiger partial charge < -0.3 is 14.8 Å². The number of imidazole rings is 1. The van der Waals surface area contributed by atoms with Gasteiger partial charge in [-0.3, -0.25) is 4.79 Å². The van der Waals surface area contributed by atoms with E-state index in [1.54, 1.807) is 0 Å². The number of aromatic nitrogens is 4. The monoisotopic (exact) mass is 446 g/mol. The minimum absolute atomic E-state index is 0.0104. The minimum Gasteiger partial charge on any atom is -0.342 e. The molecule has 0 aliphatic carbocycles. The van der Waals surface area contributed by atoms with Gasteiger partial charge in [0.15, 0.2) is 0 Å². The van der Waals surface area contributed by atoms with E-state index in [9.17, 15) is 4.79 Å². The summed E-state index contributed by atoms with van der Waals surface area (Å²) in [4.78, 5) is 35.7. The van der Waals surface area contributed by atoms with Crippen LogP contribution in [0.3, 0.4) is 0 Å². The van der Waals surface area contributed by atoms with Gasteiger partial charge in [-0.05, 0) is 49.8 Å². The van der Waals surface area contributed by atoms with Crippen LogP contribution in [0.1, 0.15) is 86.2 Å². The van der Waals surface area contributed by atoms with Crippen LogP contribution in [0.2, 0.25) is 0 Å². The lowest BCUT2D eigenvalue weighted by Gasteiger charge is -2.32. The quantitative estimate of drug-likeness (QED) is 0.618. The maximum absolute atomic E-state index is 13.6. The molecule has 5 rings (SSSR count). The average Bonchev–Trinajstić information content (AvgIpc) is 3.09. The zero-order chi connectivity index (χ0) is 22.8. The Morgan fingerprint density at radius 3 is 2.55 bits per heavy atom. The molecule has 0 spiro atoms. The first-order chi connectivity index (χ1) is 16.1. The van der Waals surface area contributed by atoms with Crippen molar-refractivity contribution in [3.8, 4) is 0 Å². The summed E-state index contributed by atoms with van der Waals surface area (Å²) < 4.78 is 0. The van der Waals surface area contributed by atoms with Gasteiger partial charge in [0, 0.05) is 37.8 Å². The van der Waals surface area contributed by atoms with Crippen LogP contribution in [0.25, 0.3) is 11.0 Å². The molecule has 4 heterocycles. The van der Waals surface area contributed by atoms with E-state index in [0.717, 1.165) is 73.8 Å². The van der Waals surface area contributed by atoms with Crippen LogP contribution in [0, 0.1) is 0 Å². The molecule has 33 heavy (non-hydrogen) atoms. The summed E-state index contributed by atoms with van der Waals surface area (Å²) in [5, 5.41) is 0. The van der Waals surface area contributed by atoms with E-state index in [1.165, 1.54) is 12.8 Å². The highest BCUT2D eigenvalue weighted by atomic mass is 16.2. The zero-order valence-corrected chi connectivity index (χ0v) is 19.8. The maximum Gasteiger partial charge on any atom is 0.272 e. The standard InChI is InChI=1S/C26H34N6O/c1-18(2)22-16-23(30-26(29-22)31-13-7-3-4-8-14-31)25(33)32-15-9-10-19(17-32)24-27-20-11-5-6-12-21(20)28-24/h5-6,11-12,16,18-19H,3-4,7-10,13-15,17H2,1-2H3,(H,27,28). The Bertz CT molecular complexity index is 1080. The topological polar surface area (TPSA) is 78.0 Å². The Hall–Kier alpha value is -2.96. The van der Waals surface area contributed by atoms with Crippen molar-refractivity contribution in [3.05, 3.63) is 47.5 Å². The molecule has 2 aliphatic heterocycles. The van der Waals surface area contributed by atoms with Gasteiger partial charge in [0.2, 0.25) is 5.95 Å². The van der Waals surface area contributed by atoms with Gasteiger partial charge in [0.05, 0.1) is 11.0 Å². The predicted octanol–water partition coefficient (Wildman–Crippen LogP) is 4.88. The summed E-state index contributed by atoms with van der Waals surface area (Å²) in [5.74, 6) is 2.17. The second-order valence-electron chi connectivity index (χ2n) is 9.76. The number of amides is 1. The van der Waals surface area contributed by atoms with Crippen LogP contribution < -0.4 is 4.90 Å². The highest BCUT2D eigenvalue weighted by molar-refractivity contribution is 5.93. The van der Waals surface area contributed by atoms with E-state index in [1.807, 2.05) is 29.2 Å². The van der Waals surface area contributed by atoms with Crippen molar-refractivity contribution in [3.63, 3.8) is 0 Å². The van der Waals surface area contributed by atoms with Gasteiger partial charge in [-0.2, -0.15) is 0 Å². The third-order valence-electron chi connectivity index (χ3n) is 6.94. The number of rotatable bonds is 4. The molecule has 1 aromatic carbocycles. The van der Waals surface area contributed by atoms with Gasteiger partial charge in [-0.15, -0.1) is 0 Å². The van der Waals surface area contributed by atoms with E-state index in [-0.39, 0.29) is 17.7 Å². The predicted molar refractivity (Wildman–Crippen MR) is 131 cm³/mol. The molecule has 1 atom stereocenters. The molecule has 0 radical (unpaired) electrons. The van der Waals surface area contributed by atoms with Gasteiger partial charge in [-0.1, -0.05) is 38.8 Å². The van der Waals surface area contributed by atoms with E-state index < -0.39 is 0 Å². The Morgan fingerprint density at radius 2 is 1.79 bits per heavy atom. The number of benzene rings is 1. The molecular weight excluding hydrogens is 412 g/mol. The van der Waals surface area contributed by atoms with Crippen molar-refractivity contribution in [2.75, 3.05) is 31.1 Å².